The highest BCUT2D eigenvalue weighted by molar-refractivity contribution is 5.84. The molecule has 7 nitrogen and oxygen atoms in total. The first-order valence-corrected chi connectivity index (χ1v) is 11.5. The zero-order chi connectivity index (χ0) is 24.3. The van der Waals surface area contributed by atoms with E-state index in [1.165, 1.54) is 0 Å². The number of benzene rings is 2. The maximum absolute atomic E-state index is 11.0. The number of aromatic amines is 2. The van der Waals surface area contributed by atoms with Gasteiger partial charge in [0.15, 0.2) is 0 Å². The fourth-order valence-corrected chi connectivity index (χ4v) is 5.74. The van der Waals surface area contributed by atoms with Crippen LogP contribution < -0.4 is 0 Å². The molecule has 1 aliphatic carbocycles. The number of hydrogen-bond donors (Lipinski definition) is 3. The standard InChI is InChI=1S/C27H30N6O/c1-16-10-7-15-21(34)22(16)25(2,3)26(4,5)27(6,17-11-8-13-19-23(17)30-32-28-19)18-12-9-14-20-24(18)31-33-29-20/h7-9,11-15,34H,1,10H2,2-6H3,(H,28,30,32)(H,29,31,33). The second-order valence-electron chi connectivity index (χ2n) is 10.4. The Morgan fingerprint density at radius 1 is 0.853 bits per heavy atom. The Balaban J connectivity index is 1.87. The molecule has 2 heterocycles. The topological polar surface area (TPSA) is 103 Å². The van der Waals surface area contributed by atoms with Crippen molar-refractivity contribution in [3.8, 4) is 0 Å². The van der Waals surface area contributed by atoms with Crippen LogP contribution in [0.25, 0.3) is 22.1 Å². The van der Waals surface area contributed by atoms with Crippen molar-refractivity contribution in [1.29, 1.82) is 0 Å². The summed E-state index contributed by atoms with van der Waals surface area (Å²) >= 11 is 0. The van der Waals surface area contributed by atoms with Gasteiger partial charge < -0.3 is 5.11 Å². The van der Waals surface area contributed by atoms with Crippen molar-refractivity contribution in [2.24, 2.45) is 10.8 Å². The molecule has 7 heteroatoms. The first-order chi connectivity index (χ1) is 16.1. The van der Waals surface area contributed by atoms with E-state index in [9.17, 15) is 5.11 Å². The van der Waals surface area contributed by atoms with E-state index in [4.69, 9.17) is 0 Å². The quantitative estimate of drug-likeness (QED) is 0.347. The van der Waals surface area contributed by atoms with Crippen molar-refractivity contribution in [3.05, 3.63) is 83.2 Å². The molecule has 2 aromatic heterocycles. The van der Waals surface area contributed by atoms with Crippen molar-refractivity contribution in [3.63, 3.8) is 0 Å². The predicted molar refractivity (Wildman–Crippen MR) is 134 cm³/mol. The number of fused-ring (bicyclic) bond motifs is 2. The smallest absolute Gasteiger partial charge is 0.119 e. The van der Waals surface area contributed by atoms with Crippen molar-refractivity contribution in [2.45, 2.75) is 46.5 Å². The van der Waals surface area contributed by atoms with E-state index in [0.717, 1.165) is 44.3 Å². The molecule has 0 saturated heterocycles. The first-order valence-electron chi connectivity index (χ1n) is 11.5. The molecule has 2 aromatic carbocycles. The molecule has 0 saturated carbocycles. The third-order valence-electron chi connectivity index (χ3n) is 8.48. The van der Waals surface area contributed by atoms with E-state index in [-0.39, 0.29) is 5.76 Å². The Labute approximate surface area is 198 Å². The predicted octanol–water partition coefficient (Wildman–Crippen LogP) is 5.92. The monoisotopic (exact) mass is 454 g/mol. The molecule has 5 rings (SSSR count). The van der Waals surface area contributed by atoms with E-state index >= 15 is 0 Å². The lowest BCUT2D eigenvalue weighted by atomic mass is 9.47. The molecule has 0 aliphatic heterocycles. The molecule has 0 spiro atoms. The van der Waals surface area contributed by atoms with Crippen molar-refractivity contribution >= 4 is 22.1 Å². The minimum Gasteiger partial charge on any atom is -0.508 e. The van der Waals surface area contributed by atoms with Gasteiger partial charge in [0.1, 0.15) is 16.8 Å². The summed E-state index contributed by atoms with van der Waals surface area (Å²) in [5.74, 6) is 0.274. The summed E-state index contributed by atoms with van der Waals surface area (Å²) in [7, 11) is 0. The van der Waals surface area contributed by atoms with Gasteiger partial charge in [-0.1, -0.05) is 82.0 Å². The van der Waals surface area contributed by atoms with Gasteiger partial charge in [0, 0.05) is 11.0 Å². The lowest BCUT2D eigenvalue weighted by Gasteiger charge is -2.55. The van der Waals surface area contributed by atoms with Crippen LogP contribution in [0.15, 0.2) is 72.0 Å². The first kappa shape index (κ1) is 22.1. The number of rotatable bonds is 5. The van der Waals surface area contributed by atoms with Gasteiger partial charge in [0.05, 0.1) is 11.0 Å². The molecule has 3 N–H and O–H groups in total. The Kier molecular flexibility index (Phi) is 4.79. The van der Waals surface area contributed by atoms with Gasteiger partial charge in [-0.05, 0) is 52.2 Å². The zero-order valence-electron chi connectivity index (χ0n) is 20.3. The van der Waals surface area contributed by atoms with Crippen molar-refractivity contribution in [1.82, 2.24) is 30.8 Å². The zero-order valence-corrected chi connectivity index (χ0v) is 20.3. The van der Waals surface area contributed by atoms with Crippen molar-refractivity contribution in [2.75, 3.05) is 0 Å². The molecular weight excluding hydrogens is 424 g/mol. The second-order valence-corrected chi connectivity index (χ2v) is 10.4. The summed E-state index contributed by atoms with van der Waals surface area (Å²) in [6.07, 6.45) is 4.46. The van der Waals surface area contributed by atoms with Gasteiger partial charge in [-0.2, -0.15) is 0 Å². The molecule has 0 fully saturated rings. The summed E-state index contributed by atoms with van der Waals surface area (Å²) < 4.78 is 0. The Bertz CT molecular complexity index is 1410. The maximum Gasteiger partial charge on any atom is 0.119 e. The number of aliphatic hydroxyl groups excluding tert-OH is 1. The summed E-state index contributed by atoms with van der Waals surface area (Å²) in [5.41, 5.74) is 5.67. The van der Waals surface area contributed by atoms with E-state index < -0.39 is 16.2 Å². The highest BCUT2D eigenvalue weighted by Crippen LogP contribution is 2.61. The number of nitrogens with zero attached hydrogens (tertiary/aromatic N) is 4. The van der Waals surface area contributed by atoms with Crippen LogP contribution in [0.3, 0.4) is 0 Å². The van der Waals surface area contributed by atoms with Crippen LogP contribution in [0.4, 0.5) is 0 Å². The largest absolute Gasteiger partial charge is 0.508 e. The molecule has 0 unspecified atom stereocenters. The van der Waals surface area contributed by atoms with E-state index in [1.54, 1.807) is 6.08 Å². The highest BCUT2D eigenvalue weighted by Gasteiger charge is 2.56. The fraction of sp³-hybridized carbons (Fsp3) is 0.333. The molecule has 0 radical (unpaired) electrons. The van der Waals surface area contributed by atoms with E-state index in [1.807, 2.05) is 30.3 Å². The molecule has 0 bridgehead atoms. The molecule has 4 aromatic rings. The third kappa shape index (κ3) is 2.82. The minimum atomic E-state index is -0.613. The Hall–Kier alpha value is -3.74. The van der Waals surface area contributed by atoms with Crippen LogP contribution in [0, 0.1) is 10.8 Å². The van der Waals surface area contributed by atoms with E-state index in [2.05, 4.69) is 84.2 Å². The molecule has 1 aliphatic rings. The molecule has 34 heavy (non-hydrogen) atoms. The molecular formula is C27H30N6O. The van der Waals surface area contributed by atoms with Gasteiger partial charge >= 0.3 is 0 Å². The van der Waals surface area contributed by atoms with Crippen LogP contribution in [0.1, 0.15) is 52.2 Å². The minimum absolute atomic E-state index is 0.274. The normalized spacial score (nSPS) is 15.6. The van der Waals surface area contributed by atoms with Crippen LogP contribution in [-0.4, -0.2) is 35.9 Å². The van der Waals surface area contributed by atoms with Gasteiger partial charge in [-0.25, -0.2) is 0 Å². The second kappa shape index (κ2) is 7.38. The van der Waals surface area contributed by atoms with Crippen LogP contribution in [0.5, 0.6) is 0 Å². The summed E-state index contributed by atoms with van der Waals surface area (Å²) in [5, 5.41) is 34.2. The molecule has 0 atom stereocenters. The number of allylic oxidation sites excluding steroid dienone is 4. The van der Waals surface area contributed by atoms with Crippen LogP contribution in [0.2, 0.25) is 0 Å². The van der Waals surface area contributed by atoms with Gasteiger partial charge in [-0.15, -0.1) is 10.2 Å². The Morgan fingerprint density at radius 2 is 1.38 bits per heavy atom. The van der Waals surface area contributed by atoms with Gasteiger partial charge in [0.2, 0.25) is 0 Å². The third-order valence-corrected chi connectivity index (χ3v) is 8.48. The number of aliphatic hydroxyl groups is 1. The van der Waals surface area contributed by atoms with Gasteiger partial charge in [0.25, 0.3) is 0 Å². The average molecular weight is 455 g/mol. The number of hydrogen-bond acceptors (Lipinski definition) is 5. The summed E-state index contributed by atoms with van der Waals surface area (Å²) in [4.78, 5) is 0. The number of H-pyrrole nitrogens is 2. The average Bonchev–Trinajstić information content (AvgIpc) is 3.47. The van der Waals surface area contributed by atoms with Gasteiger partial charge in [-0.3, -0.25) is 10.2 Å². The van der Waals surface area contributed by atoms with Crippen LogP contribution >= 0.6 is 0 Å². The fourth-order valence-electron chi connectivity index (χ4n) is 5.74. The summed E-state index contributed by atoms with van der Waals surface area (Å²) in [6.45, 7) is 15.4. The van der Waals surface area contributed by atoms with Crippen molar-refractivity contribution < 1.29 is 5.11 Å². The lowest BCUT2D eigenvalue weighted by Crippen LogP contribution is -2.51. The van der Waals surface area contributed by atoms with E-state index in [0.29, 0.717) is 6.42 Å². The summed E-state index contributed by atoms with van der Waals surface area (Å²) in [6, 6.07) is 12.3. The molecule has 0 amide bonds. The number of nitrogens with one attached hydrogen (secondary N) is 2. The van der Waals surface area contributed by atoms with Crippen LogP contribution in [-0.2, 0) is 5.41 Å². The lowest BCUT2D eigenvalue weighted by molar-refractivity contribution is 0.0718. The maximum atomic E-state index is 11.0. The molecule has 174 valence electrons. The SMILES string of the molecule is C=C1CC=CC(O)=C1C(C)(C)C(C)(C)C(C)(c1cccc2[nH]nnc12)c1cccc2[nH]nnc12. The number of aromatic nitrogens is 6. The highest BCUT2D eigenvalue weighted by atomic mass is 16.3. The Morgan fingerprint density at radius 3 is 1.88 bits per heavy atom.